The van der Waals surface area contributed by atoms with Crippen LogP contribution in [0.4, 0.5) is 14.9 Å². The highest BCUT2D eigenvalue weighted by Gasteiger charge is 2.28. The van der Waals surface area contributed by atoms with E-state index in [-0.39, 0.29) is 5.75 Å². The van der Waals surface area contributed by atoms with E-state index in [2.05, 4.69) is 26.0 Å². The number of nitriles is 1. The van der Waals surface area contributed by atoms with Gasteiger partial charge in [-0.05, 0) is 45.0 Å². The number of aromatic nitrogens is 4. The van der Waals surface area contributed by atoms with E-state index in [0.29, 0.717) is 49.0 Å². The number of carbonyl (C=O) groups is 1. The average molecular weight is 559 g/mol. The van der Waals surface area contributed by atoms with Gasteiger partial charge in [-0.15, -0.1) is 11.3 Å². The maximum atomic E-state index is 15.2. The molecule has 0 saturated carbocycles. The van der Waals surface area contributed by atoms with Gasteiger partial charge in [0, 0.05) is 23.4 Å². The smallest absolute Gasteiger partial charge is 0.412 e. The molecule has 3 heterocycles. The summed E-state index contributed by atoms with van der Waals surface area (Å²) in [4.78, 5) is 30.8. The third kappa shape index (κ3) is 5.06. The van der Waals surface area contributed by atoms with Crippen LogP contribution < -0.4 is 14.4 Å². The molecule has 40 heavy (non-hydrogen) atoms. The highest BCUT2D eigenvalue weighted by molar-refractivity contribution is 7.21. The van der Waals surface area contributed by atoms with Crippen molar-refractivity contribution in [1.29, 1.82) is 5.26 Å². The molecule has 0 aliphatic heterocycles. The first-order valence-corrected chi connectivity index (χ1v) is 13.0. The minimum atomic E-state index is -1.18. The molecule has 2 unspecified atom stereocenters. The zero-order valence-electron chi connectivity index (χ0n) is 21.9. The van der Waals surface area contributed by atoms with Crippen molar-refractivity contribution in [2.75, 3.05) is 12.0 Å². The first-order valence-electron chi connectivity index (χ1n) is 12.1. The Hall–Kier alpha value is -4.89. The van der Waals surface area contributed by atoms with Crippen LogP contribution in [0.3, 0.4) is 0 Å². The van der Waals surface area contributed by atoms with Gasteiger partial charge in [0.25, 0.3) is 0 Å². The predicted molar refractivity (Wildman–Crippen MR) is 148 cm³/mol. The van der Waals surface area contributed by atoms with E-state index in [1.807, 2.05) is 0 Å². The monoisotopic (exact) mass is 558 g/mol. The molecule has 0 bridgehead atoms. The molecule has 2 atom stereocenters. The number of amides is 1. The highest BCUT2D eigenvalue weighted by atomic mass is 32.1. The molecule has 0 radical (unpaired) electrons. The number of nitrogens with zero attached hydrogens (tertiary/aromatic N) is 6. The maximum Gasteiger partial charge on any atom is 0.412 e. The summed E-state index contributed by atoms with van der Waals surface area (Å²) in [6.45, 7) is 5.17. The van der Waals surface area contributed by atoms with Crippen molar-refractivity contribution >= 4 is 44.4 Å². The fraction of sp³-hybridized carbons (Fsp3) is 0.214. The fourth-order valence-electron chi connectivity index (χ4n) is 4.20. The Kier molecular flexibility index (Phi) is 7.15. The normalized spacial score (nSPS) is 12.6. The Morgan fingerprint density at radius 3 is 2.60 bits per heavy atom. The van der Waals surface area contributed by atoms with Crippen LogP contribution in [0.5, 0.6) is 11.6 Å². The molecule has 202 valence electrons. The van der Waals surface area contributed by atoms with E-state index in [0.717, 1.165) is 10.6 Å². The van der Waals surface area contributed by atoms with E-state index in [1.54, 1.807) is 51.1 Å². The molecule has 0 aliphatic rings. The van der Waals surface area contributed by atoms with Crippen LogP contribution in [0.1, 0.15) is 25.1 Å². The van der Waals surface area contributed by atoms with Crippen molar-refractivity contribution in [2.24, 2.45) is 0 Å². The zero-order valence-corrected chi connectivity index (χ0v) is 22.7. The molecule has 0 fully saturated rings. The molecule has 12 heteroatoms. The summed E-state index contributed by atoms with van der Waals surface area (Å²) in [5.74, 6) is -0.359. The summed E-state index contributed by atoms with van der Waals surface area (Å²) in [5, 5.41) is 19.9. The van der Waals surface area contributed by atoms with Gasteiger partial charge in [0.05, 0.1) is 64.1 Å². The molecule has 1 N–H and O–H groups in total. The predicted octanol–water partition coefficient (Wildman–Crippen LogP) is 5.97. The van der Waals surface area contributed by atoms with Crippen LogP contribution in [0.2, 0.25) is 0 Å². The lowest BCUT2D eigenvalue weighted by Gasteiger charge is -2.31. The van der Waals surface area contributed by atoms with Crippen molar-refractivity contribution in [1.82, 2.24) is 19.9 Å². The number of pyridine rings is 1. The second kappa shape index (κ2) is 10.7. The fourth-order valence-corrected chi connectivity index (χ4v) is 5.19. The van der Waals surface area contributed by atoms with E-state index in [9.17, 15) is 15.2 Å². The second-order valence-electron chi connectivity index (χ2n) is 9.06. The number of benzene rings is 2. The van der Waals surface area contributed by atoms with Crippen LogP contribution in [-0.4, -0.2) is 50.4 Å². The topological polar surface area (TPSA) is 134 Å². The molecule has 5 rings (SSSR count). The average Bonchev–Trinajstić information content (AvgIpc) is 3.35. The van der Waals surface area contributed by atoms with Crippen molar-refractivity contribution in [3.8, 4) is 28.3 Å². The van der Waals surface area contributed by atoms with Crippen molar-refractivity contribution < 1.29 is 23.8 Å². The minimum absolute atomic E-state index is 0.0328. The van der Waals surface area contributed by atoms with Gasteiger partial charge >= 0.3 is 6.09 Å². The van der Waals surface area contributed by atoms with Crippen molar-refractivity contribution in [2.45, 2.75) is 32.9 Å². The third-order valence-electron chi connectivity index (χ3n) is 6.41. The molecule has 3 aromatic heterocycles. The van der Waals surface area contributed by atoms with Crippen LogP contribution >= 0.6 is 11.3 Å². The van der Waals surface area contributed by atoms with E-state index in [1.165, 1.54) is 36.9 Å². The summed E-state index contributed by atoms with van der Waals surface area (Å²) in [5.41, 5.74) is 3.49. The van der Waals surface area contributed by atoms with Gasteiger partial charge in [0.2, 0.25) is 5.88 Å². The first-order chi connectivity index (χ1) is 19.2. The molecular weight excluding hydrogens is 535 g/mol. The standard InChI is InChI=1S/C28H23FN6O4S/c1-14-5-6-18(12-31-14)35(28(36)37)15(2)16(3)39-23-10-24-21(9-20(23)29)34-27(40-24)19-7-17(11-30)8-22-26(19)32-13-25(33-22)38-4/h5-10,12-13,15-16H,1-4H3,(H,36,37). The summed E-state index contributed by atoms with van der Waals surface area (Å²) in [7, 11) is 1.48. The number of anilines is 1. The summed E-state index contributed by atoms with van der Waals surface area (Å²) in [6, 6.07) is 10.9. The van der Waals surface area contributed by atoms with Crippen LogP contribution in [0.25, 0.3) is 31.8 Å². The van der Waals surface area contributed by atoms with Gasteiger partial charge < -0.3 is 14.6 Å². The Bertz CT molecular complexity index is 1790. The number of ether oxygens (including phenoxy) is 2. The number of hydrogen-bond acceptors (Lipinski definition) is 9. The van der Waals surface area contributed by atoms with Crippen LogP contribution in [-0.2, 0) is 0 Å². The Morgan fingerprint density at radius 1 is 1.12 bits per heavy atom. The number of rotatable bonds is 7. The minimum Gasteiger partial charge on any atom is -0.485 e. The number of methoxy groups -OCH3 is 1. The summed E-state index contributed by atoms with van der Waals surface area (Å²) >= 11 is 1.28. The second-order valence-corrected chi connectivity index (χ2v) is 10.1. The van der Waals surface area contributed by atoms with Crippen molar-refractivity contribution in [3.63, 3.8) is 0 Å². The maximum absolute atomic E-state index is 15.2. The van der Waals surface area contributed by atoms with Gasteiger partial charge in [-0.2, -0.15) is 5.26 Å². The zero-order chi connectivity index (χ0) is 28.6. The molecule has 1 amide bonds. The third-order valence-corrected chi connectivity index (χ3v) is 7.47. The van der Waals surface area contributed by atoms with Gasteiger partial charge in [-0.1, -0.05) is 0 Å². The SMILES string of the molecule is COc1cnc2c(-c3nc4cc(F)c(OC(C)C(C)N(C(=O)O)c5ccc(C)nc5)cc4s3)cc(C#N)cc2n1. The van der Waals surface area contributed by atoms with Gasteiger partial charge in [0.15, 0.2) is 11.6 Å². The summed E-state index contributed by atoms with van der Waals surface area (Å²) in [6.07, 6.45) is 1.07. The number of thiazole rings is 1. The van der Waals surface area contributed by atoms with Crippen molar-refractivity contribution in [3.05, 3.63) is 65.9 Å². The Labute approximate surface area is 232 Å². The van der Waals surface area contributed by atoms with Crippen LogP contribution in [0.15, 0.2) is 48.8 Å². The summed E-state index contributed by atoms with van der Waals surface area (Å²) < 4.78 is 26.9. The van der Waals surface area contributed by atoms with E-state index < -0.39 is 24.1 Å². The molecule has 0 saturated heterocycles. The van der Waals surface area contributed by atoms with Gasteiger partial charge in [0.1, 0.15) is 11.1 Å². The molecule has 0 spiro atoms. The number of aryl methyl sites for hydroxylation is 1. The number of fused-ring (bicyclic) bond motifs is 2. The number of hydrogen-bond donors (Lipinski definition) is 1. The lowest BCUT2D eigenvalue weighted by Crippen LogP contribution is -2.46. The Balaban J connectivity index is 1.48. The molecule has 10 nitrogen and oxygen atoms in total. The largest absolute Gasteiger partial charge is 0.485 e. The van der Waals surface area contributed by atoms with Gasteiger partial charge in [-0.3, -0.25) is 9.88 Å². The van der Waals surface area contributed by atoms with E-state index >= 15 is 4.39 Å². The van der Waals surface area contributed by atoms with Gasteiger partial charge in [-0.25, -0.2) is 24.1 Å². The molecule has 2 aromatic carbocycles. The molecule has 0 aliphatic carbocycles. The lowest BCUT2D eigenvalue weighted by atomic mass is 10.1. The van der Waals surface area contributed by atoms with E-state index in [4.69, 9.17) is 9.47 Å². The molecular formula is C28H23FN6O4S. The van der Waals surface area contributed by atoms with Crippen LogP contribution in [0, 0.1) is 24.1 Å². The quantitative estimate of drug-likeness (QED) is 0.256. The lowest BCUT2D eigenvalue weighted by molar-refractivity contribution is 0.167. The molecule has 5 aromatic rings. The number of halogens is 1. The highest BCUT2D eigenvalue weighted by Crippen LogP contribution is 2.37. The first kappa shape index (κ1) is 26.7. The number of carboxylic acid groups (broad SMARTS) is 1. The Morgan fingerprint density at radius 2 is 1.93 bits per heavy atom.